The largest absolute Gasteiger partial charge is 0.372 e. The molecule has 1 nitrogen and oxygen atoms in total. The van der Waals surface area contributed by atoms with Crippen LogP contribution in [0.15, 0.2) is 11.1 Å². The topological polar surface area (TPSA) is 9.23 Å². The molecule has 8 heavy (non-hydrogen) atoms. The molecule has 0 heterocycles. The van der Waals surface area contributed by atoms with Crippen LogP contribution < -0.4 is 0 Å². The Kier molecular flexibility index (Phi) is 5.13. The molecule has 1 radical (unpaired) electrons. The Labute approximate surface area is 55.3 Å². The highest BCUT2D eigenvalue weighted by molar-refractivity contribution is 6.29. The molecule has 0 N–H and O–H groups in total. The van der Waals surface area contributed by atoms with Gasteiger partial charge in [0.05, 0.1) is 13.2 Å². The summed E-state index contributed by atoms with van der Waals surface area (Å²) in [5, 5.41) is 0.770. The van der Waals surface area contributed by atoms with Crippen LogP contribution in [0.4, 0.5) is 0 Å². The van der Waals surface area contributed by atoms with E-state index in [-0.39, 0.29) is 0 Å². The zero-order chi connectivity index (χ0) is 6.41. The van der Waals surface area contributed by atoms with E-state index in [0.29, 0.717) is 6.61 Å². The van der Waals surface area contributed by atoms with Crippen molar-refractivity contribution in [3.63, 3.8) is 0 Å². The molecule has 0 aliphatic carbocycles. The average molecular weight is 134 g/mol. The third kappa shape index (κ3) is 5.99. The zero-order valence-electron chi connectivity index (χ0n) is 5.15. The van der Waals surface area contributed by atoms with E-state index in [1.807, 2.05) is 19.9 Å². The fourth-order valence-corrected chi connectivity index (χ4v) is 0.322. The van der Waals surface area contributed by atoms with Gasteiger partial charge in [0.25, 0.3) is 0 Å². The zero-order valence-corrected chi connectivity index (χ0v) is 5.90. The van der Waals surface area contributed by atoms with Gasteiger partial charge in [-0.05, 0) is 19.9 Å². The molecule has 0 aliphatic rings. The van der Waals surface area contributed by atoms with E-state index < -0.39 is 0 Å². The van der Waals surface area contributed by atoms with Crippen molar-refractivity contribution >= 4 is 11.6 Å². The van der Waals surface area contributed by atoms with Crippen molar-refractivity contribution in [2.75, 3.05) is 6.61 Å². The number of hydrogen-bond donors (Lipinski definition) is 0. The molecule has 0 bridgehead atoms. The normalized spacial score (nSPS) is 12.1. The first-order valence-electron chi connectivity index (χ1n) is 2.49. The number of allylic oxidation sites excluding steroid dienone is 1. The molecule has 0 saturated carbocycles. The Balaban J connectivity index is 3.03. The predicted octanol–water partition coefficient (Wildman–Crippen LogP) is 2.33. The predicted molar refractivity (Wildman–Crippen MR) is 35.5 cm³/mol. The molecule has 47 valence electrons. The maximum atomic E-state index is 5.48. The van der Waals surface area contributed by atoms with Gasteiger partial charge in [0, 0.05) is 5.03 Å². The average Bonchev–Trinajstić information content (AvgIpc) is 1.66. The highest BCUT2D eigenvalue weighted by Gasteiger charge is 1.78. The number of hydrogen-bond acceptors (Lipinski definition) is 1. The Bertz CT molecular complexity index is 74.6. The van der Waals surface area contributed by atoms with E-state index in [1.165, 1.54) is 0 Å². The first-order valence-corrected chi connectivity index (χ1v) is 2.87. The fraction of sp³-hybridized carbons (Fsp3) is 0.500. The quantitative estimate of drug-likeness (QED) is 0.537. The standard InChI is InChI=1S/C6H10ClO/c1-3-8-5-4-6(2)7/h3-4H,5H2,1-2H3/b6-4-. The van der Waals surface area contributed by atoms with Gasteiger partial charge >= 0.3 is 0 Å². The van der Waals surface area contributed by atoms with E-state index >= 15 is 0 Å². The third-order valence-corrected chi connectivity index (χ3v) is 0.782. The van der Waals surface area contributed by atoms with Crippen LogP contribution in [0.2, 0.25) is 0 Å². The lowest BCUT2D eigenvalue weighted by Gasteiger charge is -1.91. The maximum absolute atomic E-state index is 5.48. The Hall–Kier alpha value is -0.0100. The van der Waals surface area contributed by atoms with Crippen LogP contribution in [0.1, 0.15) is 13.8 Å². The summed E-state index contributed by atoms with van der Waals surface area (Å²) >= 11 is 5.48. The van der Waals surface area contributed by atoms with Gasteiger partial charge in [-0.25, -0.2) is 0 Å². The van der Waals surface area contributed by atoms with Crippen molar-refractivity contribution in [1.82, 2.24) is 0 Å². The molecule has 0 amide bonds. The highest BCUT2D eigenvalue weighted by atomic mass is 35.5. The van der Waals surface area contributed by atoms with Gasteiger partial charge in [0.15, 0.2) is 0 Å². The van der Waals surface area contributed by atoms with Crippen molar-refractivity contribution in [3.05, 3.63) is 17.7 Å². The minimum absolute atomic E-state index is 0.575. The van der Waals surface area contributed by atoms with Gasteiger partial charge in [0.1, 0.15) is 0 Å². The lowest BCUT2D eigenvalue weighted by atomic mass is 10.5. The molecule has 0 saturated heterocycles. The van der Waals surface area contributed by atoms with Crippen molar-refractivity contribution < 1.29 is 4.74 Å². The molecular formula is C6H10ClO. The molecule has 0 aliphatic heterocycles. The smallest absolute Gasteiger partial charge is 0.0810 e. The maximum Gasteiger partial charge on any atom is 0.0810 e. The summed E-state index contributed by atoms with van der Waals surface area (Å²) in [6.07, 6.45) is 1.81. The molecule has 0 fully saturated rings. The van der Waals surface area contributed by atoms with Gasteiger partial charge in [-0.3, -0.25) is 0 Å². The summed E-state index contributed by atoms with van der Waals surface area (Å²) in [7, 11) is 0. The van der Waals surface area contributed by atoms with Crippen molar-refractivity contribution in [2.45, 2.75) is 13.8 Å². The third-order valence-electron chi connectivity index (χ3n) is 0.628. The fourth-order valence-electron chi connectivity index (χ4n) is 0.259. The Morgan fingerprint density at radius 1 is 1.75 bits per heavy atom. The van der Waals surface area contributed by atoms with Crippen LogP contribution in [0, 0.1) is 6.61 Å². The number of rotatable bonds is 3. The molecular weight excluding hydrogens is 124 g/mol. The van der Waals surface area contributed by atoms with E-state index in [9.17, 15) is 0 Å². The summed E-state index contributed by atoms with van der Waals surface area (Å²) in [6, 6.07) is 0. The van der Waals surface area contributed by atoms with Crippen LogP contribution in [0.3, 0.4) is 0 Å². The molecule has 0 aromatic carbocycles. The van der Waals surface area contributed by atoms with E-state index in [2.05, 4.69) is 0 Å². The van der Waals surface area contributed by atoms with Gasteiger partial charge < -0.3 is 4.74 Å². The van der Waals surface area contributed by atoms with E-state index in [0.717, 1.165) is 5.03 Å². The van der Waals surface area contributed by atoms with Gasteiger partial charge in [-0.1, -0.05) is 11.6 Å². The molecule has 0 spiro atoms. The van der Waals surface area contributed by atoms with Crippen molar-refractivity contribution in [3.8, 4) is 0 Å². The second-order valence-electron chi connectivity index (χ2n) is 1.36. The lowest BCUT2D eigenvalue weighted by Crippen LogP contribution is -1.82. The molecule has 0 atom stereocenters. The summed E-state index contributed by atoms with van der Waals surface area (Å²) in [6.45, 7) is 5.86. The van der Waals surface area contributed by atoms with Crippen LogP contribution in [-0.2, 0) is 4.74 Å². The molecule has 0 unspecified atom stereocenters. The Morgan fingerprint density at radius 2 is 2.38 bits per heavy atom. The molecule has 2 heteroatoms. The minimum atomic E-state index is 0.575. The van der Waals surface area contributed by atoms with Crippen LogP contribution in [-0.4, -0.2) is 6.61 Å². The van der Waals surface area contributed by atoms with Crippen LogP contribution in [0.5, 0.6) is 0 Å². The summed E-state index contributed by atoms with van der Waals surface area (Å²) in [5.41, 5.74) is 0. The van der Waals surface area contributed by atoms with Crippen LogP contribution >= 0.6 is 11.6 Å². The summed E-state index contributed by atoms with van der Waals surface area (Å²) in [5.74, 6) is 0. The van der Waals surface area contributed by atoms with E-state index in [1.54, 1.807) is 6.61 Å². The first kappa shape index (κ1) is 7.99. The number of halogens is 1. The molecule has 0 aromatic heterocycles. The van der Waals surface area contributed by atoms with Gasteiger partial charge in [-0.15, -0.1) is 0 Å². The van der Waals surface area contributed by atoms with Crippen molar-refractivity contribution in [2.24, 2.45) is 0 Å². The summed E-state index contributed by atoms with van der Waals surface area (Å²) in [4.78, 5) is 0. The minimum Gasteiger partial charge on any atom is -0.372 e. The van der Waals surface area contributed by atoms with Gasteiger partial charge in [0.2, 0.25) is 0 Å². The second-order valence-corrected chi connectivity index (χ2v) is 1.96. The monoisotopic (exact) mass is 133 g/mol. The summed E-state index contributed by atoms with van der Waals surface area (Å²) < 4.78 is 4.86. The molecule has 0 aromatic rings. The second kappa shape index (κ2) is 5.13. The number of ether oxygens (including phenoxy) is 1. The van der Waals surface area contributed by atoms with Crippen LogP contribution in [0.25, 0.3) is 0 Å². The van der Waals surface area contributed by atoms with E-state index in [4.69, 9.17) is 16.3 Å². The first-order chi connectivity index (χ1) is 3.77. The SMILES string of the molecule is C[CH]OC/C=C(/C)Cl. The Morgan fingerprint density at radius 3 is 2.75 bits per heavy atom. The highest BCUT2D eigenvalue weighted by Crippen LogP contribution is 1.96. The van der Waals surface area contributed by atoms with Crippen molar-refractivity contribution in [1.29, 1.82) is 0 Å². The lowest BCUT2D eigenvalue weighted by molar-refractivity contribution is 0.239. The molecule has 0 rings (SSSR count). The van der Waals surface area contributed by atoms with Gasteiger partial charge in [-0.2, -0.15) is 0 Å².